The van der Waals surface area contributed by atoms with Gasteiger partial charge in [0.2, 0.25) is 0 Å². The van der Waals surface area contributed by atoms with Gasteiger partial charge in [-0.1, -0.05) is 12.8 Å². The average molecular weight is 515 g/mol. The number of ether oxygens (including phenoxy) is 1. The molecule has 15 N–H and O–H groups in total. The summed E-state index contributed by atoms with van der Waals surface area (Å²) in [6, 6.07) is 0. The van der Waals surface area contributed by atoms with Gasteiger partial charge in [-0.3, -0.25) is 0 Å². The Morgan fingerprint density at radius 1 is 0.724 bits per heavy atom. The van der Waals surface area contributed by atoms with Gasteiger partial charge >= 0.3 is 0 Å². The Labute approximate surface area is 192 Å². The number of unbranched alkanes of at least 4 members (excludes halogenated alkanes) is 4. The molecule has 0 aliphatic carbocycles. The molecule has 1 heterocycles. The van der Waals surface area contributed by atoms with Crippen LogP contribution in [0.25, 0.3) is 0 Å². The van der Waals surface area contributed by atoms with E-state index in [4.69, 9.17) is 44.2 Å². The van der Waals surface area contributed by atoms with Crippen LogP contribution in [0, 0.1) is 7.43 Å². The third-order valence-corrected chi connectivity index (χ3v) is 4.14. The van der Waals surface area contributed by atoms with Crippen molar-refractivity contribution in [1.82, 2.24) is 0 Å². The fourth-order valence-electron chi connectivity index (χ4n) is 2.41. The first-order valence-corrected chi connectivity index (χ1v) is 10.1. The largest absolute Gasteiger partial charge is 0.412 e. The summed E-state index contributed by atoms with van der Waals surface area (Å²) in [5, 5.41) is 8.92. The number of aliphatic hydroxyl groups is 1. The molecule has 3 unspecified atom stereocenters. The summed E-state index contributed by atoms with van der Waals surface area (Å²) in [5.74, 6) is 0. The van der Waals surface area contributed by atoms with Crippen molar-refractivity contribution < 1.29 is 34.8 Å². The molecule has 0 bridgehead atoms. The Balaban J connectivity index is -0.0000000947. The Bertz CT molecular complexity index is 256. The molecule has 0 amide bonds. The summed E-state index contributed by atoms with van der Waals surface area (Å²) in [5.41, 5.74) is 31.7. The first-order chi connectivity index (χ1) is 12.6. The Hall–Kier alpha value is 0.263. The fraction of sp³-hybridized carbons (Fsp3) is 0.947. The monoisotopic (exact) mass is 514 g/mol. The van der Waals surface area contributed by atoms with Crippen molar-refractivity contribution in [2.75, 3.05) is 39.3 Å². The molecule has 185 valence electrons. The normalized spacial score (nSPS) is 17.9. The molecule has 9 nitrogen and oxygen atoms in total. The van der Waals surface area contributed by atoms with Gasteiger partial charge in [-0.15, -0.1) is 0 Å². The molecule has 0 spiro atoms. The molecule has 10 heteroatoms. The predicted octanol–water partition coefficient (Wildman–Crippen LogP) is -1.03. The molecule has 0 aromatic rings. The van der Waals surface area contributed by atoms with Crippen LogP contribution in [-0.4, -0.2) is 68.2 Å². The molecule has 1 fully saturated rings. The van der Waals surface area contributed by atoms with Gasteiger partial charge in [0.1, 0.15) is 0 Å². The zero-order valence-corrected chi connectivity index (χ0v) is 20.1. The van der Waals surface area contributed by atoms with E-state index in [1.54, 1.807) is 0 Å². The Morgan fingerprint density at radius 3 is 1.38 bits per heavy atom. The number of nitrogens with two attached hydrogens (primary N) is 6. The quantitative estimate of drug-likeness (QED) is 0.0968. The average Bonchev–Trinajstić information content (AvgIpc) is 3.15. The van der Waals surface area contributed by atoms with Crippen molar-refractivity contribution in [3.05, 3.63) is 7.43 Å². The number of hydrogen-bond acceptors (Lipinski definition) is 8. The topological polar surface area (TPSA) is 217 Å². The van der Waals surface area contributed by atoms with Crippen molar-refractivity contribution in [3.63, 3.8) is 0 Å². The maximum Gasteiger partial charge on any atom is 0.0702 e. The number of aliphatic hydroxyl groups excluding tert-OH is 1. The second kappa shape index (κ2) is 32.9. The standard InChI is InChI=1S/C6H14N2O.C6H16N2O.C6H16N2.CH3.H2O.Rh/c7-3-5-1-2-6(4-8)9-5;7-4-2-1-3-6(9)5-8;7-5-3-1-2-4-6-8;;;/h5-6H,1-4,7-8H2;6,9H,1-5,7-8H2;1-8H2;1H3;1H2;/q;;;-1;;. The first kappa shape index (κ1) is 39.7. The van der Waals surface area contributed by atoms with Gasteiger partial charge in [-0.05, 0) is 64.6 Å². The van der Waals surface area contributed by atoms with Crippen LogP contribution < -0.4 is 34.4 Å². The molecule has 0 saturated carbocycles. The summed E-state index contributed by atoms with van der Waals surface area (Å²) in [4.78, 5) is 0. The van der Waals surface area contributed by atoms with Gasteiger partial charge in [0.25, 0.3) is 0 Å². The van der Waals surface area contributed by atoms with Gasteiger partial charge in [-0.2, -0.15) is 0 Å². The fourth-order valence-corrected chi connectivity index (χ4v) is 2.41. The Kier molecular flexibility index (Phi) is 45.1. The molecule has 1 aliphatic heterocycles. The molecule has 3 atom stereocenters. The van der Waals surface area contributed by atoms with E-state index in [-0.39, 0.29) is 50.7 Å². The molecule has 1 saturated heterocycles. The maximum absolute atomic E-state index is 8.92. The zero-order chi connectivity index (χ0) is 20.0. The van der Waals surface area contributed by atoms with Gasteiger partial charge in [0, 0.05) is 39.1 Å². The number of rotatable bonds is 12. The van der Waals surface area contributed by atoms with Crippen LogP contribution in [0.3, 0.4) is 0 Å². The minimum Gasteiger partial charge on any atom is -0.412 e. The molecular weight excluding hydrogens is 463 g/mol. The second-order valence-corrected chi connectivity index (χ2v) is 6.59. The van der Waals surface area contributed by atoms with Crippen LogP contribution in [0.15, 0.2) is 0 Å². The van der Waals surface area contributed by atoms with Crippen LogP contribution in [0.5, 0.6) is 0 Å². The van der Waals surface area contributed by atoms with E-state index in [1.807, 2.05) is 0 Å². The molecule has 1 rings (SSSR count). The zero-order valence-electron chi connectivity index (χ0n) is 18.5. The van der Waals surface area contributed by atoms with Gasteiger partial charge < -0.3 is 57.1 Å². The molecule has 0 aromatic heterocycles. The second-order valence-electron chi connectivity index (χ2n) is 6.59. The summed E-state index contributed by atoms with van der Waals surface area (Å²) >= 11 is 0. The molecule has 0 aromatic carbocycles. The van der Waals surface area contributed by atoms with Crippen LogP contribution in [0.2, 0.25) is 0 Å². The summed E-state index contributed by atoms with van der Waals surface area (Å²) in [6.07, 6.45) is 9.94. The van der Waals surface area contributed by atoms with Gasteiger partial charge in [0.05, 0.1) is 18.3 Å². The van der Waals surface area contributed by atoms with Crippen molar-refractivity contribution in [1.29, 1.82) is 0 Å². The van der Waals surface area contributed by atoms with E-state index in [2.05, 4.69) is 0 Å². The molecular formula is C19H51N6O3Rh-. The Morgan fingerprint density at radius 2 is 1.10 bits per heavy atom. The molecule has 29 heavy (non-hydrogen) atoms. The van der Waals surface area contributed by atoms with Crippen LogP contribution in [-0.2, 0) is 24.2 Å². The van der Waals surface area contributed by atoms with Crippen molar-refractivity contribution in [3.8, 4) is 0 Å². The smallest absolute Gasteiger partial charge is 0.0702 e. The third kappa shape index (κ3) is 30.5. The van der Waals surface area contributed by atoms with Crippen LogP contribution in [0.4, 0.5) is 0 Å². The van der Waals surface area contributed by atoms with Crippen molar-refractivity contribution >= 4 is 0 Å². The van der Waals surface area contributed by atoms with E-state index in [0.29, 0.717) is 26.2 Å². The minimum absolute atomic E-state index is 0. The first-order valence-electron chi connectivity index (χ1n) is 10.1. The number of hydrogen-bond donors (Lipinski definition) is 7. The van der Waals surface area contributed by atoms with Crippen molar-refractivity contribution in [2.24, 2.45) is 34.4 Å². The predicted molar refractivity (Wildman–Crippen MR) is 121 cm³/mol. The summed E-state index contributed by atoms with van der Waals surface area (Å²) in [7, 11) is 0. The molecule has 1 aliphatic rings. The van der Waals surface area contributed by atoms with E-state index < -0.39 is 0 Å². The van der Waals surface area contributed by atoms with Gasteiger partial charge in [0.15, 0.2) is 0 Å². The minimum atomic E-state index is -0.323. The van der Waals surface area contributed by atoms with Gasteiger partial charge in [-0.25, -0.2) is 0 Å². The van der Waals surface area contributed by atoms with E-state index >= 15 is 0 Å². The third-order valence-electron chi connectivity index (χ3n) is 4.14. The van der Waals surface area contributed by atoms with Crippen LogP contribution >= 0.6 is 0 Å². The summed E-state index contributed by atoms with van der Waals surface area (Å²) in [6.45, 7) is 3.99. The maximum atomic E-state index is 8.92. The summed E-state index contributed by atoms with van der Waals surface area (Å²) < 4.78 is 5.41. The van der Waals surface area contributed by atoms with E-state index in [1.165, 1.54) is 12.8 Å². The molecule has 1 radical (unpaired) electrons. The van der Waals surface area contributed by atoms with Crippen LogP contribution in [0.1, 0.15) is 57.8 Å². The van der Waals surface area contributed by atoms with Crippen molar-refractivity contribution in [2.45, 2.75) is 76.1 Å². The van der Waals surface area contributed by atoms with E-state index in [0.717, 1.165) is 58.0 Å². The SMILES string of the molecule is NCC1CCC(CN)O1.NCCCCC(O)CN.NCCCCCCN.O.[CH3-].[Rh]. The van der Waals surface area contributed by atoms with E-state index in [9.17, 15) is 0 Å².